The molecule has 0 spiro atoms. The first-order valence-electron chi connectivity index (χ1n) is 6.35. The van der Waals surface area contributed by atoms with Crippen molar-refractivity contribution in [2.75, 3.05) is 20.8 Å². The standard InChI is InChI=1S/C15H19NO3/c1-4-5-15(17)16-7-6-11-8-13(18-2)14(19-3)9-12(11)10-16/h4-5,8-9H,6-7,10H2,1-3H3. The van der Waals surface area contributed by atoms with E-state index < -0.39 is 0 Å². The summed E-state index contributed by atoms with van der Waals surface area (Å²) < 4.78 is 10.6. The van der Waals surface area contributed by atoms with Crippen LogP contribution in [0.1, 0.15) is 18.1 Å². The number of methoxy groups -OCH3 is 2. The monoisotopic (exact) mass is 261 g/mol. The summed E-state index contributed by atoms with van der Waals surface area (Å²) in [5.74, 6) is 1.51. The summed E-state index contributed by atoms with van der Waals surface area (Å²) in [6.07, 6.45) is 4.22. The zero-order valence-corrected chi connectivity index (χ0v) is 11.6. The average molecular weight is 261 g/mol. The Bertz CT molecular complexity index is 508. The molecule has 0 bridgehead atoms. The third kappa shape index (κ3) is 2.72. The summed E-state index contributed by atoms with van der Waals surface area (Å²) in [6.45, 7) is 3.22. The first kappa shape index (κ1) is 13.5. The quantitative estimate of drug-likeness (QED) is 0.783. The maximum absolute atomic E-state index is 11.9. The van der Waals surface area contributed by atoms with Crippen LogP contribution in [-0.2, 0) is 17.8 Å². The van der Waals surface area contributed by atoms with E-state index in [9.17, 15) is 4.79 Å². The van der Waals surface area contributed by atoms with Crippen LogP contribution in [0.25, 0.3) is 0 Å². The fraction of sp³-hybridized carbons (Fsp3) is 0.400. The van der Waals surface area contributed by atoms with E-state index in [-0.39, 0.29) is 5.91 Å². The minimum absolute atomic E-state index is 0.0583. The number of rotatable bonds is 3. The fourth-order valence-corrected chi connectivity index (χ4v) is 2.32. The van der Waals surface area contributed by atoms with Crippen molar-refractivity contribution >= 4 is 5.91 Å². The van der Waals surface area contributed by atoms with Gasteiger partial charge in [0.2, 0.25) is 5.91 Å². The summed E-state index contributed by atoms with van der Waals surface area (Å²) in [5.41, 5.74) is 2.35. The van der Waals surface area contributed by atoms with Crippen LogP contribution < -0.4 is 9.47 Å². The molecule has 0 radical (unpaired) electrons. The van der Waals surface area contributed by atoms with Crippen LogP contribution in [-0.4, -0.2) is 31.6 Å². The second-order valence-corrected chi connectivity index (χ2v) is 4.49. The second kappa shape index (κ2) is 5.78. The predicted molar refractivity (Wildman–Crippen MR) is 73.5 cm³/mol. The third-order valence-electron chi connectivity index (χ3n) is 3.34. The Morgan fingerprint density at radius 1 is 1.21 bits per heavy atom. The number of hydrogen-bond donors (Lipinski definition) is 0. The number of carbonyl (C=O) groups is 1. The molecule has 0 fully saturated rings. The SMILES string of the molecule is CC=CC(=O)N1CCc2cc(OC)c(OC)cc2C1. The molecule has 1 aromatic carbocycles. The molecule has 1 aromatic rings. The smallest absolute Gasteiger partial charge is 0.246 e. The van der Waals surface area contributed by atoms with Gasteiger partial charge >= 0.3 is 0 Å². The lowest BCUT2D eigenvalue weighted by atomic mass is 9.98. The van der Waals surface area contributed by atoms with E-state index >= 15 is 0 Å². The molecule has 1 aliphatic rings. The van der Waals surface area contributed by atoms with Crippen LogP contribution in [0.5, 0.6) is 11.5 Å². The van der Waals surface area contributed by atoms with Crippen LogP contribution in [0.2, 0.25) is 0 Å². The topological polar surface area (TPSA) is 38.8 Å². The molecule has 0 saturated heterocycles. The zero-order valence-electron chi connectivity index (χ0n) is 11.6. The molecule has 4 heteroatoms. The van der Waals surface area contributed by atoms with Crippen LogP contribution >= 0.6 is 0 Å². The fourth-order valence-electron chi connectivity index (χ4n) is 2.32. The van der Waals surface area contributed by atoms with Gasteiger partial charge in [0.15, 0.2) is 11.5 Å². The van der Waals surface area contributed by atoms with E-state index in [2.05, 4.69) is 0 Å². The van der Waals surface area contributed by atoms with Gasteiger partial charge in [0.1, 0.15) is 0 Å². The maximum atomic E-state index is 11.9. The van der Waals surface area contributed by atoms with Gasteiger partial charge in [-0.05, 0) is 42.7 Å². The molecule has 1 heterocycles. The number of carbonyl (C=O) groups excluding carboxylic acids is 1. The van der Waals surface area contributed by atoms with Gasteiger partial charge in [0.25, 0.3) is 0 Å². The van der Waals surface area contributed by atoms with E-state index in [1.54, 1.807) is 26.4 Å². The van der Waals surface area contributed by atoms with Gasteiger partial charge in [0.05, 0.1) is 14.2 Å². The van der Waals surface area contributed by atoms with E-state index in [0.717, 1.165) is 24.3 Å². The van der Waals surface area contributed by atoms with Gasteiger partial charge in [-0.1, -0.05) is 6.08 Å². The van der Waals surface area contributed by atoms with Gasteiger partial charge in [0, 0.05) is 13.1 Å². The number of amides is 1. The number of fused-ring (bicyclic) bond motifs is 1. The van der Waals surface area contributed by atoms with Crippen molar-refractivity contribution in [3.8, 4) is 11.5 Å². The van der Waals surface area contributed by atoms with Crippen molar-refractivity contribution in [3.05, 3.63) is 35.4 Å². The lowest BCUT2D eigenvalue weighted by molar-refractivity contribution is -0.126. The van der Waals surface area contributed by atoms with Crippen molar-refractivity contribution in [1.29, 1.82) is 0 Å². The third-order valence-corrected chi connectivity index (χ3v) is 3.34. The Balaban J connectivity index is 2.27. The van der Waals surface area contributed by atoms with Gasteiger partial charge < -0.3 is 14.4 Å². The van der Waals surface area contributed by atoms with Crippen LogP contribution in [0.15, 0.2) is 24.3 Å². The van der Waals surface area contributed by atoms with Gasteiger partial charge in [-0.3, -0.25) is 4.79 Å². The number of allylic oxidation sites excluding steroid dienone is 1. The van der Waals surface area contributed by atoms with Gasteiger partial charge in [-0.15, -0.1) is 0 Å². The average Bonchev–Trinajstić information content (AvgIpc) is 2.45. The second-order valence-electron chi connectivity index (χ2n) is 4.49. The molecular formula is C15H19NO3. The Morgan fingerprint density at radius 2 is 1.84 bits per heavy atom. The molecule has 0 aliphatic carbocycles. The number of ether oxygens (including phenoxy) is 2. The van der Waals surface area contributed by atoms with Crippen LogP contribution in [0.4, 0.5) is 0 Å². The number of hydrogen-bond acceptors (Lipinski definition) is 3. The Morgan fingerprint density at radius 3 is 2.42 bits per heavy atom. The molecule has 0 unspecified atom stereocenters. The minimum Gasteiger partial charge on any atom is -0.493 e. The molecule has 1 amide bonds. The van der Waals surface area contributed by atoms with E-state index in [0.29, 0.717) is 12.3 Å². The normalized spacial score (nSPS) is 14.4. The lowest BCUT2D eigenvalue weighted by Gasteiger charge is -2.28. The van der Waals surface area contributed by atoms with Gasteiger partial charge in [-0.2, -0.15) is 0 Å². The van der Waals surface area contributed by atoms with Crippen molar-refractivity contribution in [1.82, 2.24) is 4.90 Å². The Hall–Kier alpha value is -1.97. The molecule has 102 valence electrons. The number of nitrogens with zero attached hydrogens (tertiary/aromatic N) is 1. The first-order chi connectivity index (χ1) is 9.19. The molecule has 19 heavy (non-hydrogen) atoms. The largest absolute Gasteiger partial charge is 0.493 e. The molecule has 0 N–H and O–H groups in total. The van der Waals surface area contributed by atoms with Crippen molar-refractivity contribution in [2.45, 2.75) is 19.9 Å². The predicted octanol–water partition coefficient (Wildman–Crippen LogP) is 2.16. The summed E-state index contributed by atoms with van der Waals surface area (Å²) in [5, 5.41) is 0. The highest BCUT2D eigenvalue weighted by atomic mass is 16.5. The molecule has 0 aromatic heterocycles. The Kier molecular flexibility index (Phi) is 4.10. The molecule has 1 aliphatic heterocycles. The molecular weight excluding hydrogens is 242 g/mol. The van der Waals surface area contributed by atoms with Crippen molar-refractivity contribution in [2.24, 2.45) is 0 Å². The summed E-state index contributed by atoms with van der Waals surface area (Å²) in [7, 11) is 3.25. The molecule has 0 saturated carbocycles. The zero-order chi connectivity index (χ0) is 13.8. The van der Waals surface area contributed by atoms with E-state index in [1.165, 1.54) is 5.56 Å². The van der Waals surface area contributed by atoms with Crippen molar-refractivity contribution < 1.29 is 14.3 Å². The number of benzene rings is 1. The highest BCUT2D eigenvalue weighted by Crippen LogP contribution is 2.33. The van der Waals surface area contributed by atoms with E-state index in [4.69, 9.17) is 9.47 Å². The lowest BCUT2D eigenvalue weighted by Crippen LogP contribution is -2.34. The molecule has 0 atom stereocenters. The minimum atomic E-state index is 0.0583. The van der Waals surface area contributed by atoms with E-state index in [1.807, 2.05) is 24.0 Å². The maximum Gasteiger partial charge on any atom is 0.246 e. The summed E-state index contributed by atoms with van der Waals surface area (Å²) in [4.78, 5) is 13.7. The summed E-state index contributed by atoms with van der Waals surface area (Å²) in [6, 6.07) is 3.97. The highest BCUT2D eigenvalue weighted by molar-refractivity contribution is 5.87. The molecule has 2 rings (SSSR count). The highest BCUT2D eigenvalue weighted by Gasteiger charge is 2.21. The van der Waals surface area contributed by atoms with Gasteiger partial charge in [-0.25, -0.2) is 0 Å². The van der Waals surface area contributed by atoms with Crippen LogP contribution in [0, 0.1) is 0 Å². The van der Waals surface area contributed by atoms with Crippen molar-refractivity contribution in [3.63, 3.8) is 0 Å². The van der Waals surface area contributed by atoms with Crippen LogP contribution in [0.3, 0.4) is 0 Å². The molecule has 4 nitrogen and oxygen atoms in total. The Labute approximate surface area is 113 Å². The summed E-state index contributed by atoms with van der Waals surface area (Å²) >= 11 is 0. The first-order valence-corrected chi connectivity index (χ1v) is 6.35.